The van der Waals surface area contributed by atoms with E-state index in [9.17, 15) is 4.79 Å². The highest BCUT2D eigenvalue weighted by atomic mass is 35.5. The van der Waals surface area contributed by atoms with Crippen LogP contribution in [0.1, 0.15) is 5.56 Å². The van der Waals surface area contributed by atoms with E-state index in [1.54, 1.807) is 30.3 Å². The van der Waals surface area contributed by atoms with Gasteiger partial charge in [-0.2, -0.15) is 5.26 Å². The molecule has 0 aliphatic carbocycles. The molecular formula is C16H18ClN3O2. The molecule has 5 nitrogen and oxygen atoms in total. The van der Waals surface area contributed by atoms with E-state index in [-0.39, 0.29) is 11.5 Å². The molecule has 2 rings (SSSR count). The lowest BCUT2D eigenvalue weighted by atomic mass is 10.1. The summed E-state index contributed by atoms with van der Waals surface area (Å²) in [7, 11) is 0. The van der Waals surface area contributed by atoms with Crippen molar-refractivity contribution in [2.24, 2.45) is 0 Å². The van der Waals surface area contributed by atoms with Gasteiger partial charge in [-0.25, -0.2) is 0 Å². The van der Waals surface area contributed by atoms with E-state index in [2.05, 4.69) is 10.2 Å². The Bertz CT molecular complexity index is 572. The number of halogens is 1. The van der Waals surface area contributed by atoms with Crippen LogP contribution in [0.4, 0.5) is 0 Å². The van der Waals surface area contributed by atoms with E-state index in [0.717, 1.165) is 38.4 Å². The monoisotopic (exact) mass is 319 g/mol. The van der Waals surface area contributed by atoms with Crippen LogP contribution in [0.3, 0.4) is 0 Å². The number of hydrogen-bond donors (Lipinski definition) is 1. The zero-order chi connectivity index (χ0) is 15.8. The predicted octanol–water partition coefficient (Wildman–Crippen LogP) is 1.70. The van der Waals surface area contributed by atoms with Crippen LogP contribution in [0.2, 0.25) is 5.02 Å². The molecule has 1 amide bonds. The summed E-state index contributed by atoms with van der Waals surface area (Å²) in [6, 6.07) is 8.91. The van der Waals surface area contributed by atoms with Crippen LogP contribution in [0.15, 0.2) is 29.8 Å². The van der Waals surface area contributed by atoms with Crippen LogP contribution >= 0.6 is 11.6 Å². The molecule has 1 aliphatic heterocycles. The van der Waals surface area contributed by atoms with Gasteiger partial charge in [0.25, 0.3) is 5.91 Å². The number of hydrogen-bond acceptors (Lipinski definition) is 4. The Balaban J connectivity index is 1.86. The van der Waals surface area contributed by atoms with E-state index in [0.29, 0.717) is 11.6 Å². The molecule has 1 aromatic carbocycles. The molecular weight excluding hydrogens is 302 g/mol. The van der Waals surface area contributed by atoms with Crippen molar-refractivity contribution < 1.29 is 9.53 Å². The van der Waals surface area contributed by atoms with Crippen LogP contribution < -0.4 is 5.32 Å². The van der Waals surface area contributed by atoms with Gasteiger partial charge in [-0.1, -0.05) is 23.7 Å². The van der Waals surface area contributed by atoms with E-state index in [4.69, 9.17) is 21.6 Å². The smallest absolute Gasteiger partial charge is 0.261 e. The summed E-state index contributed by atoms with van der Waals surface area (Å²) in [5, 5.41) is 12.5. The first kappa shape index (κ1) is 16.5. The number of carbonyl (C=O) groups is 1. The normalized spacial score (nSPS) is 16.1. The largest absolute Gasteiger partial charge is 0.379 e. The van der Waals surface area contributed by atoms with Crippen LogP contribution in [0.5, 0.6) is 0 Å². The number of amides is 1. The van der Waals surface area contributed by atoms with Crippen molar-refractivity contribution in [3.05, 3.63) is 40.4 Å². The number of nitrogens with zero attached hydrogens (tertiary/aromatic N) is 2. The molecule has 0 aromatic heterocycles. The SMILES string of the molecule is N#C/C(=C/c1ccc(Cl)cc1)C(=O)NCCN1CCOCC1. The number of morpholine rings is 1. The van der Waals surface area contributed by atoms with Crippen molar-refractivity contribution >= 4 is 23.6 Å². The number of carbonyl (C=O) groups excluding carboxylic acids is 1. The first-order valence-electron chi connectivity index (χ1n) is 7.15. The minimum absolute atomic E-state index is 0.0873. The Morgan fingerprint density at radius 2 is 2.05 bits per heavy atom. The Kier molecular flexibility index (Phi) is 6.41. The summed E-state index contributed by atoms with van der Waals surface area (Å²) < 4.78 is 5.27. The van der Waals surface area contributed by atoms with Gasteiger partial charge < -0.3 is 10.1 Å². The van der Waals surface area contributed by atoms with Gasteiger partial charge >= 0.3 is 0 Å². The minimum Gasteiger partial charge on any atom is -0.379 e. The van der Waals surface area contributed by atoms with E-state index < -0.39 is 0 Å². The number of nitriles is 1. The maximum Gasteiger partial charge on any atom is 0.261 e. The highest BCUT2D eigenvalue weighted by Crippen LogP contribution is 2.12. The minimum atomic E-state index is -0.356. The van der Waals surface area contributed by atoms with E-state index >= 15 is 0 Å². The Hall–Kier alpha value is -1.87. The van der Waals surface area contributed by atoms with E-state index in [1.807, 2.05) is 6.07 Å². The fraction of sp³-hybridized carbons (Fsp3) is 0.375. The van der Waals surface area contributed by atoms with Crippen molar-refractivity contribution in [3.8, 4) is 6.07 Å². The van der Waals surface area contributed by atoms with Crippen molar-refractivity contribution in [1.82, 2.24) is 10.2 Å². The summed E-state index contributed by atoms with van der Waals surface area (Å²) in [6.45, 7) is 4.48. The van der Waals surface area contributed by atoms with Crippen molar-refractivity contribution in [2.45, 2.75) is 0 Å². The second kappa shape index (κ2) is 8.54. The van der Waals surface area contributed by atoms with Gasteiger partial charge in [0.15, 0.2) is 0 Å². The lowest BCUT2D eigenvalue weighted by Gasteiger charge is -2.26. The fourth-order valence-electron chi connectivity index (χ4n) is 2.12. The molecule has 1 heterocycles. The Morgan fingerprint density at radius 1 is 1.36 bits per heavy atom. The highest BCUT2D eigenvalue weighted by Gasteiger charge is 2.12. The van der Waals surface area contributed by atoms with Crippen LogP contribution in [-0.4, -0.2) is 50.2 Å². The van der Waals surface area contributed by atoms with Crippen molar-refractivity contribution in [1.29, 1.82) is 5.26 Å². The number of rotatable bonds is 5. The van der Waals surface area contributed by atoms with Gasteiger partial charge in [0.2, 0.25) is 0 Å². The second-order valence-corrected chi connectivity index (χ2v) is 5.37. The fourth-order valence-corrected chi connectivity index (χ4v) is 2.25. The zero-order valence-electron chi connectivity index (χ0n) is 12.2. The number of nitrogens with one attached hydrogen (secondary N) is 1. The Morgan fingerprint density at radius 3 is 2.68 bits per heavy atom. The third-order valence-corrected chi connectivity index (χ3v) is 3.62. The molecule has 0 unspecified atom stereocenters. The highest BCUT2D eigenvalue weighted by molar-refractivity contribution is 6.30. The molecule has 0 spiro atoms. The molecule has 116 valence electrons. The van der Waals surface area contributed by atoms with Gasteiger partial charge in [-0.05, 0) is 23.8 Å². The summed E-state index contributed by atoms with van der Waals surface area (Å²) >= 11 is 5.81. The average molecular weight is 320 g/mol. The lowest BCUT2D eigenvalue weighted by molar-refractivity contribution is -0.117. The summed E-state index contributed by atoms with van der Waals surface area (Å²) in [6.07, 6.45) is 1.56. The van der Waals surface area contributed by atoms with Crippen LogP contribution in [-0.2, 0) is 9.53 Å². The molecule has 0 saturated carbocycles. The molecule has 1 N–H and O–H groups in total. The molecule has 0 bridgehead atoms. The van der Waals surface area contributed by atoms with Gasteiger partial charge in [0.1, 0.15) is 11.6 Å². The third-order valence-electron chi connectivity index (χ3n) is 3.36. The topological polar surface area (TPSA) is 65.4 Å². The molecule has 0 radical (unpaired) electrons. The zero-order valence-corrected chi connectivity index (χ0v) is 13.0. The Labute approximate surface area is 135 Å². The molecule has 22 heavy (non-hydrogen) atoms. The van der Waals surface area contributed by atoms with Crippen molar-refractivity contribution in [3.63, 3.8) is 0 Å². The average Bonchev–Trinajstić information content (AvgIpc) is 2.55. The number of benzene rings is 1. The van der Waals surface area contributed by atoms with Gasteiger partial charge in [-0.15, -0.1) is 0 Å². The first-order chi connectivity index (χ1) is 10.7. The second-order valence-electron chi connectivity index (χ2n) is 4.93. The van der Waals surface area contributed by atoms with Crippen LogP contribution in [0, 0.1) is 11.3 Å². The van der Waals surface area contributed by atoms with Gasteiger partial charge in [-0.3, -0.25) is 9.69 Å². The molecule has 0 atom stereocenters. The number of ether oxygens (including phenoxy) is 1. The van der Waals surface area contributed by atoms with Gasteiger partial charge in [0.05, 0.1) is 13.2 Å². The summed E-state index contributed by atoms with van der Waals surface area (Å²) in [5.41, 5.74) is 0.855. The quantitative estimate of drug-likeness (QED) is 0.662. The van der Waals surface area contributed by atoms with Gasteiger partial charge in [0, 0.05) is 31.2 Å². The van der Waals surface area contributed by atoms with Crippen molar-refractivity contribution in [2.75, 3.05) is 39.4 Å². The van der Waals surface area contributed by atoms with Crippen LogP contribution in [0.25, 0.3) is 6.08 Å². The molecule has 1 saturated heterocycles. The first-order valence-corrected chi connectivity index (χ1v) is 7.52. The lowest BCUT2D eigenvalue weighted by Crippen LogP contribution is -2.41. The molecule has 1 fully saturated rings. The molecule has 6 heteroatoms. The molecule has 1 aliphatic rings. The maximum atomic E-state index is 12.0. The molecule has 1 aromatic rings. The third kappa shape index (κ3) is 5.15. The predicted molar refractivity (Wildman–Crippen MR) is 85.3 cm³/mol. The standard InChI is InChI=1S/C16H18ClN3O2/c17-15-3-1-13(2-4-15)11-14(12-18)16(21)19-5-6-20-7-9-22-10-8-20/h1-4,11H,5-10H2,(H,19,21)/b14-11-. The summed E-state index contributed by atoms with van der Waals surface area (Å²) in [5.74, 6) is -0.356. The van der Waals surface area contributed by atoms with E-state index in [1.165, 1.54) is 0 Å². The summed E-state index contributed by atoms with van der Waals surface area (Å²) in [4.78, 5) is 14.2. The maximum absolute atomic E-state index is 12.0.